The van der Waals surface area contributed by atoms with Crippen molar-refractivity contribution >= 4 is 5.91 Å². The molecule has 64 valence electrons. The second-order valence-electron chi connectivity index (χ2n) is 4.13. The smallest absolute Gasteiger partial charge is 0.228 e. The number of β-lactam (4-membered cyclic amide) rings is 1. The van der Waals surface area contributed by atoms with Crippen LogP contribution in [0.4, 0.5) is 0 Å². The van der Waals surface area contributed by atoms with E-state index in [0.29, 0.717) is 11.9 Å². The van der Waals surface area contributed by atoms with E-state index in [2.05, 4.69) is 6.20 Å². The molecule has 2 atom stereocenters. The predicted octanol–water partition coefficient (Wildman–Crippen LogP) is 1.68. The summed E-state index contributed by atoms with van der Waals surface area (Å²) in [4.78, 5) is 13.1. The third kappa shape index (κ3) is 0.680. The van der Waals surface area contributed by atoms with Crippen molar-refractivity contribution in [1.82, 2.24) is 4.90 Å². The first-order valence-electron chi connectivity index (χ1n) is 4.88. The number of hydrogen-bond donors (Lipinski definition) is 0. The second kappa shape index (κ2) is 2.12. The van der Waals surface area contributed by atoms with Gasteiger partial charge in [-0.15, -0.1) is 0 Å². The van der Waals surface area contributed by atoms with Crippen LogP contribution in [0.2, 0.25) is 0 Å². The Morgan fingerprint density at radius 3 is 3.17 bits per heavy atom. The van der Waals surface area contributed by atoms with Crippen molar-refractivity contribution < 1.29 is 4.79 Å². The Bertz CT molecular complexity index is 269. The first kappa shape index (κ1) is 6.70. The number of carbonyl (C=O) groups is 1. The molecule has 12 heavy (non-hydrogen) atoms. The Labute approximate surface area is 72.2 Å². The molecule has 2 nitrogen and oxygen atoms in total. The van der Waals surface area contributed by atoms with Crippen molar-refractivity contribution in [2.45, 2.75) is 38.1 Å². The van der Waals surface area contributed by atoms with Crippen LogP contribution in [0.15, 0.2) is 11.8 Å². The minimum absolute atomic E-state index is 0.335. The van der Waals surface area contributed by atoms with E-state index in [0.717, 1.165) is 12.3 Å². The molecule has 0 bridgehead atoms. The minimum Gasteiger partial charge on any atom is -0.315 e. The van der Waals surface area contributed by atoms with E-state index in [9.17, 15) is 4.79 Å². The van der Waals surface area contributed by atoms with Crippen molar-refractivity contribution in [3.8, 4) is 0 Å². The van der Waals surface area contributed by atoms with Gasteiger partial charge in [0.1, 0.15) is 0 Å². The zero-order chi connectivity index (χ0) is 8.13. The van der Waals surface area contributed by atoms with Gasteiger partial charge in [-0.25, -0.2) is 0 Å². The number of amides is 1. The topological polar surface area (TPSA) is 20.3 Å². The maximum atomic E-state index is 11.1. The van der Waals surface area contributed by atoms with Crippen molar-refractivity contribution in [2.75, 3.05) is 0 Å². The van der Waals surface area contributed by atoms with Crippen molar-refractivity contribution in [1.29, 1.82) is 0 Å². The van der Waals surface area contributed by atoms with Crippen LogP contribution >= 0.6 is 0 Å². The van der Waals surface area contributed by atoms with Gasteiger partial charge in [0, 0.05) is 18.5 Å². The molecule has 3 aliphatic rings. The van der Waals surface area contributed by atoms with Gasteiger partial charge in [0.15, 0.2) is 0 Å². The van der Waals surface area contributed by atoms with Crippen LogP contribution in [-0.4, -0.2) is 16.8 Å². The molecule has 3 rings (SSSR count). The summed E-state index contributed by atoms with van der Waals surface area (Å²) >= 11 is 0. The van der Waals surface area contributed by atoms with Crippen molar-refractivity contribution in [3.63, 3.8) is 0 Å². The van der Waals surface area contributed by atoms with E-state index in [1.807, 2.05) is 4.90 Å². The maximum absolute atomic E-state index is 11.1. The lowest BCUT2D eigenvalue weighted by atomic mass is 9.79. The first-order valence-corrected chi connectivity index (χ1v) is 4.88. The second-order valence-corrected chi connectivity index (χ2v) is 4.13. The van der Waals surface area contributed by atoms with E-state index in [-0.39, 0.29) is 0 Å². The van der Waals surface area contributed by atoms with Gasteiger partial charge in [0.25, 0.3) is 0 Å². The fraction of sp³-hybridized carbons (Fsp3) is 0.700. The summed E-state index contributed by atoms with van der Waals surface area (Å²) in [6.45, 7) is 0. The molecule has 0 spiro atoms. The number of rotatable bonds is 0. The standard InChI is InChI=1S/C10H13NO/c12-10-5-9-8-4-2-1-3-7(8)6-11(9)10/h6,8-9H,1-5H2. The summed E-state index contributed by atoms with van der Waals surface area (Å²) in [5.74, 6) is 1.08. The van der Waals surface area contributed by atoms with Crippen LogP contribution in [0.1, 0.15) is 32.1 Å². The Balaban J connectivity index is 1.90. The molecule has 2 heteroatoms. The molecule has 0 aromatic rings. The Hall–Kier alpha value is -0.790. The normalized spacial score (nSPS) is 38.5. The molecule has 2 heterocycles. The van der Waals surface area contributed by atoms with Gasteiger partial charge in [-0.05, 0) is 24.8 Å². The third-order valence-corrected chi connectivity index (χ3v) is 3.51. The number of carbonyl (C=O) groups excluding carboxylic acids is 1. The quantitative estimate of drug-likeness (QED) is 0.497. The van der Waals surface area contributed by atoms with Gasteiger partial charge in [-0.3, -0.25) is 4.79 Å². The lowest BCUT2D eigenvalue weighted by Gasteiger charge is -2.38. The monoisotopic (exact) mass is 163 g/mol. The molecule has 0 radical (unpaired) electrons. The Morgan fingerprint density at radius 2 is 2.33 bits per heavy atom. The molecular formula is C10H13NO. The lowest BCUT2D eigenvalue weighted by molar-refractivity contribution is -0.141. The van der Waals surface area contributed by atoms with E-state index in [1.54, 1.807) is 5.57 Å². The minimum atomic E-state index is 0.335. The van der Waals surface area contributed by atoms with Gasteiger partial charge in [0.2, 0.25) is 5.91 Å². The molecule has 1 saturated heterocycles. The SMILES string of the molecule is O=C1CC2C3CCCCC3=CN12. The van der Waals surface area contributed by atoms with Crippen LogP contribution in [0.3, 0.4) is 0 Å². The van der Waals surface area contributed by atoms with Gasteiger partial charge in [-0.1, -0.05) is 6.42 Å². The molecular weight excluding hydrogens is 150 g/mol. The highest BCUT2D eigenvalue weighted by Gasteiger charge is 2.46. The zero-order valence-electron chi connectivity index (χ0n) is 7.12. The van der Waals surface area contributed by atoms with Gasteiger partial charge >= 0.3 is 0 Å². The molecule has 2 fully saturated rings. The van der Waals surface area contributed by atoms with Crippen LogP contribution in [0, 0.1) is 5.92 Å². The van der Waals surface area contributed by atoms with Crippen molar-refractivity contribution in [3.05, 3.63) is 11.8 Å². The summed E-state index contributed by atoms with van der Waals surface area (Å²) in [5, 5.41) is 0. The summed E-state index contributed by atoms with van der Waals surface area (Å²) < 4.78 is 0. The fourth-order valence-electron chi connectivity index (χ4n) is 2.80. The van der Waals surface area contributed by atoms with Gasteiger partial charge in [0.05, 0.1) is 6.04 Å². The largest absolute Gasteiger partial charge is 0.315 e. The predicted molar refractivity (Wildman–Crippen MR) is 45.3 cm³/mol. The first-order chi connectivity index (χ1) is 5.86. The Kier molecular flexibility index (Phi) is 1.18. The highest BCUT2D eigenvalue weighted by Crippen LogP contribution is 2.44. The lowest BCUT2D eigenvalue weighted by Crippen LogP contribution is -2.49. The average Bonchev–Trinajstić information content (AvgIpc) is 2.39. The van der Waals surface area contributed by atoms with Crippen LogP contribution in [0.25, 0.3) is 0 Å². The van der Waals surface area contributed by atoms with Gasteiger partial charge < -0.3 is 4.90 Å². The highest BCUT2D eigenvalue weighted by molar-refractivity contribution is 5.85. The number of hydrogen-bond acceptors (Lipinski definition) is 1. The van der Waals surface area contributed by atoms with E-state index < -0.39 is 0 Å². The molecule has 2 aliphatic heterocycles. The van der Waals surface area contributed by atoms with Crippen LogP contribution < -0.4 is 0 Å². The van der Waals surface area contributed by atoms with E-state index in [1.165, 1.54) is 25.7 Å². The Morgan fingerprint density at radius 1 is 1.42 bits per heavy atom. The summed E-state index contributed by atoms with van der Waals surface area (Å²) in [6.07, 6.45) is 8.19. The number of nitrogens with zero attached hydrogens (tertiary/aromatic N) is 1. The number of fused-ring (bicyclic) bond motifs is 3. The fourth-order valence-corrected chi connectivity index (χ4v) is 2.80. The molecule has 1 saturated carbocycles. The van der Waals surface area contributed by atoms with Gasteiger partial charge in [-0.2, -0.15) is 0 Å². The van der Waals surface area contributed by atoms with Crippen LogP contribution in [0.5, 0.6) is 0 Å². The van der Waals surface area contributed by atoms with Crippen LogP contribution in [-0.2, 0) is 4.79 Å². The molecule has 0 aromatic heterocycles. The molecule has 2 unspecified atom stereocenters. The molecule has 0 N–H and O–H groups in total. The maximum Gasteiger partial charge on any atom is 0.228 e. The van der Waals surface area contributed by atoms with E-state index in [4.69, 9.17) is 0 Å². The average molecular weight is 163 g/mol. The summed E-state index contributed by atoms with van der Waals surface area (Å²) in [5.41, 5.74) is 1.55. The van der Waals surface area contributed by atoms with E-state index >= 15 is 0 Å². The summed E-state index contributed by atoms with van der Waals surface area (Å²) in [7, 11) is 0. The summed E-state index contributed by atoms with van der Waals surface area (Å²) in [6, 6.07) is 0.577. The van der Waals surface area contributed by atoms with Crippen molar-refractivity contribution in [2.24, 2.45) is 5.92 Å². The zero-order valence-corrected chi connectivity index (χ0v) is 7.12. The highest BCUT2D eigenvalue weighted by atomic mass is 16.2. The third-order valence-electron chi connectivity index (χ3n) is 3.51. The molecule has 0 aromatic carbocycles. The molecule has 1 amide bonds. The molecule has 1 aliphatic carbocycles.